The summed E-state index contributed by atoms with van der Waals surface area (Å²) in [6.07, 6.45) is 0. The van der Waals surface area contributed by atoms with E-state index in [-0.39, 0.29) is 11.8 Å². The highest BCUT2D eigenvalue weighted by molar-refractivity contribution is 5.52. The van der Waals surface area contributed by atoms with E-state index in [1.807, 2.05) is 6.07 Å². The van der Waals surface area contributed by atoms with Crippen LogP contribution < -0.4 is 5.63 Å². The van der Waals surface area contributed by atoms with Crippen molar-refractivity contribution >= 4 is 0 Å². The topological polar surface area (TPSA) is 63.3 Å². The predicted molar refractivity (Wildman–Crippen MR) is 49.9 cm³/mol. The maximum Gasteiger partial charge on any atom is 0.342 e. The van der Waals surface area contributed by atoms with Crippen molar-refractivity contribution in [1.29, 1.82) is 0 Å². The van der Waals surface area contributed by atoms with Crippen molar-refractivity contribution in [2.75, 3.05) is 0 Å². The van der Waals surface area contributed by atoms with Crippen LogP contribution in [0.5, 0.6) is 5.88 Å². The van der Waals surface area contributed by atoms with Crippen molar-refractivity contribution in [3.8, 4) is 17.3 Å². The molecule has 0 saturated carbocycles. The van der Waals surface area contributed by atoms with Crippen molar-refractivity contribution in [2.24, 2.45) is 0 Å². The van der Waals surface area contributed by atoms with E-state index in [9.17, 15) is 4.79 Å². The van der Waals surface area contributed by atoms with Gasteiger partial charge in [-0.25, -0.2) is 4.79 Å². The number of hydrogen-bond acceptors (Lipinski definition) is 4. The van der Waals surface area contributed by atoms with Crippen LogP contribution in [0, 0.1) is 0 Å². The van der Waals surface area contributed by atoms with Gasteiger partial charge in [0, 0.05) is 5.56 Å². The van der Waals surface area contributed by atoms with Gasteiger partial charge in [-0.05, 0) is 12.1 Å². The number of benzene rings is 1. The Morgan fingerprint density at radius 3 is 2.57 bits per heavy atom. The van der Waals surface area contributed by atoms with Crippen molar-refractivity contribution in [3.05, 3.63) is 46.8 Å². The van der Waals surface area contributed by atoms with Crippen LogP contribution in [-0.4, -0.2) is 10.1 Å². The van der Waals surface area contributed by atoms with E-state index in [1.54, 1.807) is 24.3 Å². The van der Waals surface area contributed by atoms with Crippen LogP contribution in [0.4, 0.5) is 0 Å². The third kappa shape index (κ3) is 1.64. The van der Waals surface area contributed by atoms with E-state index >= 15 is 0 Å². The first kappa shape index (κ1) is 8.50. The smallest absolute Gasteiger partial charge is 0.342 e. The van der Waals surface area contributed by atoms with E-state index in [0.717, 1.165) is 6.07 Å². The largest absolute Gasteiger partial charge is 0.493 e. The average molecular weight is 189 g/mol. The lowest BCUT2D eigenvalue weighted by atomic mass is 10.2. The van der Waals surface area contributed by atoms with E-state index in [4.69, 9.17) is 9.52 Å². The summed E-state index contributed by atoms with van der Waals surface area (Å²) in [5.41, 5.74) is 0.0388. The molecule has 0 bridgehead atoms. The minimum Gasteiger partial charge on any atom is -0.493 e. The number of aromatic nitrogens is 1. The summed E-state index contributed by atoms with van der Waals surface area (Å²) in [6, 6.07) is 9.83. The first-order valence-corrected chi connectivity index (χ1v) is 4.02. The number of nitrogens with zero attached hydrogens (tertiary/aromatic N) is 1. The summed E-state index contributed by atoms with van der Waals surface area (Å²) < 4.78 is 4.82. The summed E-state index contributed by atoms with van der Waals surface area (Å²) in [5.74, 6) is -0.212. The van der Waals surface area contributed by atoms with E-state index in [0.29, 0.717) is 5.56 Å². The van der Waals surface area contributed by atoms with Crippen LogP contribution in [-0.2, 0) is 0 Å². The Bertz CT molecular complexity index is 490. The third-order valence-electron chi connectivity index (χ3n) is 1.68. The molecule has 2 rings (SSSR count). The van der Waals surface area contributed by atoms with Gasteiger partial charge in [0.1, 0.15) is 0 Å². The molecule has 1 aromatic heterocycles. The van der Waals surface area contributed by atoms with Crippen molar-refractivity contribution in [3.63, 3.8) is 0 Å². The second-order valence-corrected chi connectivity index (χ2v) is 2.71. The van der Waals surface area contributed by atoms with Crippen LogP contribution in [0.3, 0.4) is 0 Å². The Balaban J connectivity index is 2.58. The minimum absolute atomic E-state index is 0.121. The summed E-state index contributed by atoms with van der Waals surface area (Å²) in [7, 11) is 0. The maximum absolute atomic E-state index is 10.9. The molecule has 0 spiro atoms. The lowest BCUT2D eigenvalue weighted by molar-refractivity contribution is 0.421. The molecular formula is C10H7NO3. The van der Waals surface area contributed by atoms with Gasteiger partial charge in [-0.15, -0.1) is 0 Å². The van der Waals surface area contributed by atoms with Gasteiger partial charge in [-0.2, -0.15) is 4.98 Å². The highest BCUT2D eigenvalue weighted by Gasteiger charge is 2.04. The minimum atomic E-state index is -0.614. The number of hydrogen-bond donors (Lipinski definition) is 1. The van der Waals surface area contributed by atoms with Gasteiger partial charge in [0.15, 0.2) is 0 Å². The van der Waals surface area contributed by atoms with E-state index in [1.165, 1.54) is 0 Å². The molecule has 1 aromatic carbocycles. The van der Waals surface area contributed by atoms with Crippen LogP contribution >= 0.6 is 0 Å². The lowest BCUT2D eigenvalue weighted by Gasteiger charge is -1.97. The fourth-order valence-electron chi connectivity index (χ4n) is 1.09. The zero-order valence-corrected chi connectivity index (χ0v) is 7.18. The predicted octanol–water partition coefficient (Wildman–Crippen LogP) is 1.41. The van der Waals surface area contributed by atoms with Gasteiger partial charge in [-0.1, -0.05) is 18.2 Å². The van der Waals surface area contributed by atoms with E-state index < -0.39 is 5.63 Å². The van der Waals surface area contributed by atoms with Crippen LogP contribution in [0.1, 0.15) is 0 Å². The molecular weight excluding hydrogens is 182 g/mol. The molecule has 0 atom stereocenters. The molecule has 70 valence electrons. The number of aromatic hydroxyl groups is 1. The Morgan fingerprint density at radius 2 is 1.93 bits per heavy atom. The van der Waals surface area contributed by atoms with E-state index in [2.05, 4.69) is 4.98 Å². The van der Waals surface area contributed by atoms with Gasteiger partial charge < -0.3 is 9.52 Å². The molecule has 4 heteroatoms. The molecule has 1 N–H and O–H groups in total. The molecule has 2 aromatic rings. The SMILES string of the molecule is O=c1cc(O)nc(-c2ccccc2)o1. The molecule has 14 heavy (non-hydrogen) atoms. The summed E-state index contributed by atoms with van der Waals surface area (Å²) >= 11 is 0. The quantitative estimate of drug-likeness (QED) is 0.736. The Kier molecular flexibility index (Phi) is 2.02. The second-order valence-electron chi connectivity index (χ2n) is 2.71. The van der Waals surface area contributed by atoms with Crippen LogP contribution in [0.15, 0.2) is 45.6 Å². The van der Waals surface area contributed by atoms with Crippen molar-refractivity contribution in [2.45, 2.75) is 0 Å². The fraction of sp³-hybridized carbons (Fsp3) is 0. The molecule has 1 heterocycles. The van der Waals surface area contributed by atoms with Gasteiger partial charge >= 0.3 is 5.63 Å². The molecule has 0 amide bonds. The fourth-order valence-corrected chi connectivity index (χ4v) is 1.09. The van der Waals surface area contributed by atoms with Crippen molar-refractivity contribution in [1.82, 2.24) is 4.98 Å². The Labute approximate surface area is 79.5 Å². The molecule has 0 radical (unpaired) electrons. The zero-order chi connectivity index (χ0) is 9.97. The standard InChI is InChI=1S/C10H7NO3/c12-8-6-9(13)14-10(11-8)7-4-2-1-3-5-7/h1-6,12H. The lowest BCUT2D eigenvalue weighted by Crippen LogP contribution is -1.98. The van der Waals surface area contributed by atoms with Gasteiger partial charge in [-0.3, -0.25) is 0 Å². The monoisotopic (exact) mass is 189 g/mol. The van der Waals surface area contributed by atoms with Crippen LogP contribution in [0.2, 0.25) is 0 Å². The zero-order valence-electron chi connectivity index (χ0n) is 7.18. The van der Waals surface area contributed by atoms with Crippen molar-refractivity contribution < 1.29 is 9.52 Å². The Hall–Kier alpha value is -2.10. The summed E-state index contributed by atoms with van der Waals surface area (Å²) in [6.45, 7) is 0. The number of rotatable bonds is 1. The highest BCUT2D eigenvalue weighted by atomic mass is 16.4. The first-order chi connectivity index (χ1) is 6.75. The second kappa shape index (κ2) is 3.33. The average Bonchev–Trinajstić information content (AvgIpc) is 2.18. The molecule has 0 fully saturated rings. The molecule has 4 nitrogen and oxygen atoms in total. The molecule has 0 saturated heterocycles. The first-order valence-electron chi connectivity index (χ1n) is 4.02. The Morgan fingerprint density at radius 1 is 1.21 bits per heavy atom. The van der Waals surface area contributed by atoms with Gasteiger partial charge in [0.05, 0.1) is 6.07 Å². The maximum atomic E-state index is 10.9. The highest BCUT2D eigenvalue weighted by Crippen LogP contribution is 2.16. The third-order valence-corrected chi connectivity index (χ3v) is 1.68. The van der Waals surface area contributed by atoms with Crippen LogP contribution in [0.25, 0.3) is 11.5 Å². The molecule has 0 aliphatic rings. The summed E-state index contributed by atoms with van der Waals surface area (Å²) in [4.78, 5) is 14.6. The normalized spacial score (nSPS) is 10.0. The summed E-state index contributed by atoms with van der Waals surface area (Å²) in [5, 5.41) is 9.08. The molecule has 0 aliphatic carbocycles. The van der Waals surface area contributed by atoms with Gasteiger partial charge in [0.25, 0.3) is 0 Å². The molecule has 0 unspecified atom stereocenters. The van der Waals surface area contributed by atoms with Gasteiger partial charge in [0.2, 0.25) is 11.8 Å². The molecule has 0 aliphatic heterocycles.